The zero-order chi connectivity index (χ0) is 15.0. The number of hydrogen-bond donors (Lipinski definition) is 4. The third-order valence-electron chi connectivity index (χ3n) is 3.52. The van der Waals surface area contributed by atoms with Crippen molar-refractivity contribution in [3.8, 4) is 0 Å². The third-order valence-corrected chi connectivity index (χ3v) is 3.52. The van der Waals surface area contributed by atoms with Gasteiger partial charge in [-0.05, 0) is 44.7 Å². The van der Waals surface area contributed by atoms with E-state index in [0.717, 1.165) is 32.4 Å². The van der Waals surface area contributed by atoms with E-state index in [1.54, 1.807) is 0 Å². The standard InChI is InChI=1S/C13H22N2O5/c16-11(3-1-9-5-7-14-8-6-9)15-10(13(19)20)2-4-12(17)18/h9-10,14H,1-8H2,(H,15,16)(H,17,18)(H,19,20)/t10-/m0/s1. The molecule has 0 aliphatic carbocycles. The van der Waals surface area contributed by atoms with Gasteiger partial charge in [0.15, 0.2) is 0 Å². The molecule has 20 heavy (non-hydrogen) atoms. The predicted octanol–water partition coefficient (Wildman–Crippen LogP) is 0.200. The average molecular weight is 286 g/mol. The number of amides is 1. The lowest BCUT2D eigenvalue weighted by Crippen LogP contribution is -2.41. The van der Waals surface area contributed by atoms with Crippen LogP contribution in [0.15, 0.2) is 0 Å². The molecule has 114 valence electrons. The van der Waals surface area contributed by atoms with Crippen molar-refractivity contribution in [2.75, 3.05) is 13.1 Å². The van der Waals surface area contributed by atoms with Gasteiger partial charge in [-0.25, -0.2) is 4.79 Å². The summed E-state index contributed by atoms with van der Waals surface area (Å²) in [7, 11) is 0. The molecule has 1 saturated heterocycles. The topological polar surface area (TPSA) is 116 Å². The molecule has 0 spiro atoms. The van der Waals surface area contributed by atoms with E-state index in [0.29, 0.717) is 12.3 Å². The molecule has 1 fully saturated rings. The smallest absolute Gasteiger partial charge is 0.326 e. The van der Waals surface area contributed by atoms with Crippen LogP contribution in [0.2, 0.25) is 0 Å². The third kappa shape index (κ3) is 6.51. The highest BCUT2D eigenvalue weighted by atomic mass is 16.4. The lowest BCUT2D eigenvalue weighted by Gasteiger charge is -2.22. The molecule has 7 heteroatoms. The first-order valence-corrected chi connectivity index (χ1v) is 6.93. The second kappa shape index (κ2) is 8.52. The fraction of sp³-hybridized carbons (Fsp3) is 0.769. The molecule has 0 aromatic heterocycles. The van der Waals surface area contributed by atoms with Crippen molar-refractivity contribution in [3.63, 3.8) is 0 Å². The first kappa shape index (κ1) is 16.4. The van der Waals surface area contributed by atoms with Crippen LogP contribution in [0.3, 0.4) is 0 Å². The minimum Gasteiger partial charge on any atom is -0.481 e. The number of carbonyl (C=O) groups is 3. The highest BCUT2D eigenvalue weighted by Gasteiger charge is 2.21. The molecule has 1 aliphatic rings. The molecule has 0 bridgehead atoms. The SMILES string of the molecule is O=C(O)CC[C@H](NC(=O)CCC1CCNCC1)C(=O)O. The van der Waals surface area contributed by atoms with Crippen LogP contribution in [0.5, 0.6) is 0 Å². The highest BCUT2D eigenvalue weighted by molar-refractivity contribution is 5.83. The van der Waals surface area contributed by atoms with E-state index < -0.39 is 18.0 Å². The average Bonchev–Trinajstić information content (AvgIpc) is 2.41. The van der Waals surface area contributed by atoms with E-state index in [9.17, 15) is 14.4 Å². The molecular formula is C13H22N2O5. The van der Waals surface area contributed by atoms with Gasteiger partial charge < -0.3 is 20.8 Å². The molecule has 7 nitrogen and oxygen atoms in total. The predicted molar refractivity (Wildman–Crippen MR) is 71.3 cm³/mol. The Labute approximate surface area is 117 Å². The van der Waals surface area contributed by atoms with E-state index in [1.807, 2.05) is 0 Å². The minimum atomic E-state index is -1.19. The Hall–Kier alpha value is -1.63. The van der Waals surface area contributed by atoms with Crippen molar-refractivity contribution < 1.29 is 24.6 Å². The van der Waals surface area contributed by atoms with E-state index in [4.69, 9.17) is 10.2 Å². The van der Waals surface area contributed by atoms with Gasteiger partial charge in [0.05, 0.1) is 0 Å². The largest absolute Gasteiger partial charge is 0.481 e. The molecule has 1 aliphatic heterocycles. The molecule has 0 radical (unpaired) electrons. The first-order valence-electron chi connectivity index (χ1n) is 6.93. The maximum atomic E-state index is 11.7. The maximum Gasteiger partial charge on any atom is 0.326 e. The molecule has 1 heterocycles. The maximum absolute atomic E-state index is 11.7. The molecule has 1 atom stereocenters. The molecule has 1 rings (SSSR count). The number of carboxylic acids is 2. The van der Waals surface area contributed by atoms with Crippen LogP contribution in [0.25, 0.3) is 0 Å². The van der Waals surface area contributed by atoms with Crippen molar-refractivity contribution in [1.29, 1.82) is 0 Å². The van der Waals surface area contributed by atoms with Gasteiger partial charge in [0.25, 0.3) is 0 Å². The van der Waals surface area contributed by atoms with E-state index in [1.165, 1.54) is 0 Å². The number of hydrogen-bond acceptors (Lipinski definition) is 4. The zero-order valence-corrected chi connectivity index (χ0v) is 11.4. The lowest BCUT2D eigenvalue weighted by molar-refractivity contribution is -0.143. The highest BCUT2D eigenvalue weighted by Crippen LogP contribution is 2.17. The summed E-state index contributed by atoms with van der Waals surface area (Å²) in [5.74, 6) is -2.08. The second-order valence-electron chi connectivity index (χ2n) is 5.12. The van der Waals surface area contributed by atoms with Crippen LogP contribution in [0.4, 0.5) is 0 Å². The van der Waals surface area contributed by atoms with E-state index >= 15 is 0 Å². The van der Waals surface area contributed by atoms with Crippen LogP contribution >= 0.6 is 0 Å². The summed E-state index contributed by atoms with van der Waals surface area (Å²) in [5, 5.41) is 23.1. The fourth-order valence-electron chi connectivity index (χ4n) is 2.30. The summed E-state index contributed by atoms with van der Waals surface area (Å²) in [6, 6.07) is -1.12. The number of carbonyl (C=O) groups excluding carboxylic acids is 1. The normalized spacial score (nSPS) is 17.4. The van der Waals surface area contributed by atoms with Gasteiger partial charge in [0.1, 0.15) is 6.04 Å². The summed E-state index contributed by atoms with van der Waals surface area (Å²) in [6.45, 7) is 1.92. The van der Waals surface area contributed by atoms with Crippen molar-refractivity contribution in [2.24, 2.45) is 5.92 Å². The summed E-state index contributed by atoms with van der Waals surface area (Å²) < 4.78 is 0. The van der Waals surface area contributed by atoms with E-state index in [2.05, 4.69) is 10.6 Å². The van der Waals surface area contributed by atoms with Crippen LogP contribution in [-0.2, 0) is 14.4 Å². The van der Waals surface area contributed by atoms with Gasteiger partial charge in [-0.1, -0.05) is 0 Å². The summed E-state index contributed by atoms with van der Waals surface area (Å²) in [4.78, 5) is 33.1. The number of piperidine rings is 1. The first-order chi connectivity index (χ1) is 9.49. The quantitative estimate of drug-likeness (QED) is 0.506. The molecule has 0 saturated carbocycles. The number of carboxylic acid groups (broad SMARTS) is 2. The van der Waals surface area contributed by atoms with Gasteiger partial charge in [0, 0.05) is 12.8 Å². The minimum absolute atomic E-state index is 0.0935. The van der Waals surface area contributed by atoms with E-state index in [-0.39, 0.29) is 18.7 Å². The van der Waals surface area contributed by atoms with Gasteiger partial charge in [-0.3, -0.25) is 9.59 Å². The van der Waals surface area contributed by atoms with Crippen molar-refractivity contribution in [1.82, 2.24) is 10.6 Å². The molecule has 0 aromatic rings. The number of rotatable bonds is 8. The van der Waals surface area contributed by atoms with Crippen molar-refractivity contribution in [3.05, 3.63) is 0 Å². The monoisotopic (exact) mass is 286 g/mol. The van der Waals surface area contributed by atoms with Gasteiger partial charge >= 0.3 is 11.9 Å². The molecule has 0 aromatic carbocycles. The Balaban J connectivity index is 2.29. The zero-order valence-electron chi connectivity index (χ0n) is 11.4. The summed E-state index contributed by atoms with van der Waals surface area (Å²) in [5.41, 5.74) is 0. The fourth-order valence-corrected chi connectivity index (χ4v) is 2.30. The lowest BCUT2D eigenvalue weighted by atomic mass is 9.93. The summed E-state index contributed by atoms with van der Waals surface area (Å²) >= 11 is 0. The summed E-state index contributed by atoms with van der Waals surface area (Å²) in [6.07, 6.45) is 2.75. The van der Waals surface area contributed by atoms with Crippen molar-refractivity contribution >= 4 is 17.8 Å². The second-order valence-corrected chi connectivity index (χ2v) is 5.12. The van der Waals surface area contributed by atoms with Crippen LogP contribution in [-0.4, -0.2) is 47.2 Å². The Morgan fingerprint density at radius 3 is 2.35 bits per heavy atom. The molecule has 1 amide bonds. The number of nitrogens with one attached hydrogen (secondary N) is 2. The van der Waals surface area contributed by atoms with Crippen LogP contribution in [0, 0.1) is 5.92 Å². The van der Waals surface area contributed by atoms with Crippen molar-refractivity contribution in [2.45, 2.75) is 44.6 Å². The van der Waals surface area contributed by atoms with Gasteiger partial charge in [-0.15, -0.1) is 0 Å². The Morgan fingerprint density at radius 1 is 1.15 bits per heavy atom. The molecule has 0 unspecified atom stereocenters. The molecular weight excluding hydrogens is 264 g/mol. The Kier molecular flexibility index (Phi) is 7.00. The Bertz CT molecular complexity index is 353. The number of aliphatic carboxylic acids is 2. The van der Waals surface area contributed by atoms with Gasteiger partial charge in [-0.2, -0.15) is 0 Å². The van der Waals surface area contributed by atoms with Gasteiger partial charge in [0.2, 0.25) is 5.91 Å². The molecule has 4 N–H and O–H groups in total. The van der Waals surface area contributed by atoms with Crippen LogP contribution < -0.4 is 10.6 Å². The van der Waals surface area contributed by atoms with Crippen LogP contribution in [0.1, 0.15) is 38.5 Å². The Morgan fingerprint density at radius 2 is 1.80 bits per heavy atom.